The van der Waals surface area contributed by atoms with E-state index in [1.807, 2.05) is 31.2 Å². The average molecular weight is 304 g/mol. The van der Waals surface area contributed by atoms with Crippen molar-refractivity contribution < 1.29 is 14.3 Å². The third-order valence-corrected chi connectivity index (χ3v) is 2.91. The summed E-state index contributed by atoms with van der Waals surface area (Å²) in [6, 6.07) is 7.38. The molecule has 22 heavy (non-hydrogen) atoms. The number of para-hydroxylation sites is 2. The molecule has 1 amide bonds. The summed E-state index contributed by atoms with van der Waals surface area (Å²) in [7, 11) is 1.59. The van der Waals surface area contributed by atoms with Gasteiger partial charge in [-0.3, -0.25) is 4.79 Å². The Kier molecular flexibility index (Phi) is 5.76. The molecule has 2 rings (SSSR count). The second-order valence-electron chi connectivity index (χ2n) is 4.70. The zero-order valence-electron chi connectivity index (χ0n) is 12.8. The molecular weight excluding hydrogens is 284 g/mol. The minimum absolute atomic E-state index is 0.0797. The van der Waals surface area contributed by atoms with E-state index in [2.05, 4.69) is 15.6 Å². The monoisotopic (exact) mass is 304 g/mol. The largest absolute Gasteiger partial charge is 0.493 e. The maximum atomic E-state index is 11.6. The number of hydrogen-bond acceptors (Lipinski definition) is 5. The van der Waals surface area contributed by atoms with Gasteiger partial charge < -0.3 is 14.8 Å². The highest BCUT2D eigenvalue weighted by molar-refractivity contribution is 5.75. The minimum Gasteiger partial charge on any atom is -0.493 e. The van der Waals surface area contributed by atoms with Gasteiger partial charge in [0, 0.05) is 6.54 Å². The molecule has 0 bridgehead atoms. The molecule has 0 aliphatic heterocycles. The van der Waals surface area contributed by atoms with Crippen LogP contribution in [0.1, 0.15) is 19.0 Å². The fraction of sp³-hybridized carbons (Fsp3) is 0.400. The fourth-order valence-corrected chi connectivity index (χ4v) is 1.84. The van der Waals surface area contributed by atoms with Crippen molar-refractivity contribution in [3.05, 3.63) is 36.2 Å². The van der Waals surface area contributed by atoms with Crippen molar-refractivity contribution in [2.24, 2.45) is 0 Å². The van der Waals surface area contributed by atoms with E-state index in [9.17, 15) is 4.79 Å². The van der Waals surface area contributed by atoms with Gasteiger partial charge in [-0.15, -0.1) is 5.10 Å². The van der Waals surface area contributed by atoms with Crippen LogP contribution in [0.3, 0.4) is 0 Å². The predicted octanol–water partition coefficient (Wildman–Crippen LogP) is 1.39. The Hall–Kier alpha value is -2.57. The first kappa shape index (κ1) is 15.8. The summed E-state index contributed by atoms with van der Waals surface area (Å²) in [5.74, 6) is 1.22. The molecule has 1 aromatic heterocycles. The number of carbonyl (C=O) groups is 1. The van der Waals surface area contributed by atoms with E-state index in [4.69, 9.17) is 9.47 Å². The standard InChI is InChI=1S/C15H20N4O3/c1-3-8-16-15(20)10-19-9-12(17-18-19)11-22-14-7-5-4-6-13(14)21-2/h4-7,9H,3,8,10-11H2,1-2H3,(H,16,20). The maximum Gasteiger partial charge on any atom is 0.241 e. The molecule has 1 aromatic carbocycles. The van der Waals surface area contributed by atoms with Crippen LogP contribution in [0.2, 0.25) is 0 Å². The van der Waals surface area contributed by atoms with Gasteiger partial charge in [0.1, 0.15) is 18.8 Å². The molecule has 1 N–H and O–H groups in total. The summed E-state index contributed by atoms with van der Waals surface area (Å²) in [4.78, 5) is 11.6. The van der Waals surface area contributed by atoms with Gasteiger partial charge in [-0.1, -0.05) is 24.3 Å². The molecule has 0 saturated heterocycles. The Labute approximate surface area is 129 Å². The van der Waals surface area contributed by atoms with Crippen LogP contribution < -0.4 is 14.8 Å². The summed E-state index contributed by atoms with van der Waals surface area (Å²) in [6.07, 6.45) is 2.60. The lowest BCUT2D eigenvalue weighted by Gasteiger charge is -2.08. The smallest absolute Gasteiger partial charge is 0.241 e. The quantitative estimate of drug-likeness (QED) is 0.797. The average Bonchev–Trinajstić information content (AvgIpc) is 2.98. The van der Waals surface area contributed by atoms with E-state index in [0.29, 0.717) is 23.7 Å². The zero-order chi connectivity index (χ0) is 15.8. The Morgan fingerprint density at radius 3 is 2.82 bits per heavy atom. The third kappa shape index (κ3) is 4.47. The van der Waals surface area contributed by atoms with Crippen LogP contribution in [0, 0.1) is 0 Å². The summed E-state index contributed by atoms with van der Waals surface area (Å²) >= 11 is 0. The Balaban J connectivity index is 1.88. The second kappa shape index (κ2) is 8.02. The molecule has 0 fully saturated rings. The van der Waals surface area contributed by atoms with E-state index >= 15 is 0 Å². The number of nitrogens with one attached hydrogen (secondary N) is 1. The van der Waals surface area contributed by atoms with E-state index < -0.39 is 0 Å². The first-order valence-electron chi connectivity index (χ1n) is 7.14. The van der Waals surface area contributed by atoms with Crippen molar-refractivity contribution in [2.45, 2.75) is 26.5 Å². The molecule has 0 spiro atoms. The van der Waals surface area contributed by atoms with Crippen LogP contribution in [0.15, 0.2) is 30.5 Å². The molecular formula is C15H20N4O3. The van der Waals surface area contributed by atoms with E-state index in [1.54, 1.807) is 13.3 Å². The van der Waals surface area contributed by atoms with E-state index in [1.165, 1.54) is 4.68 Å². The molecule has 0 saturated carbocycles. The van der Waals surface area contributed by atoms with Gasteiger partial charge in [0.2, 0.25) is 5.91 Å². The van der Waals surface area contributed by atoms with Crippen LogP contribution in [0.4, 0.5) is 0 Å². The zero-order valence-corrected chi connectivity index (χ0v) is 12.8. The van der Waals surface area contributed by atoms with Gasteiger partial charge in [-0.25, -0.2) is 4.68 Å². The highest BCUT2D eigenvalue weighted by atomic mass is 16.5. The van der Waals surface area contributed by atoms with Gasteiger partial charge in [-0.2, -0.15) is 0 Å². The normalized spacial score (nSPS) is 10.3. The van der Waals surface area contributed by atoms with Gasteiger partial charge in [0.15, 0.2) is 11.5 Å². The molecule has 0 unspecified atom stereocenters. The van der Waals surface area contributed by atoms with Crippen molar-refractivity contribution >= 4 is 5.91 Å². The number of benzene rings is 1. The summed E-state index contributed by atoms with van der Waals surface area (Å²) in [6.45, 7) is 3.08. The van der Waals surface area contributed by atoms with E-state index in [0.717, 1.165) is 6.42 Å². The molecule has 0 atom stereocenters. The number of carbonyl (C=O) groups excluding carboxylic acids is 1. The number of aromatic nitrogens is 3. The lowest BCUT2D eigenvalue weighted by Crippen LogP contribution is -2.28. The number of methoxy groups -OCH3 is 1. The Morgan fingerprint density at radius 1 is 1.32 bits per heavy atom. The molecule has 7 heteroatoms. The number of ether oxygens (including phenoxy) is 2. The lowest BCUT2D eigenvalue weighted by molar-refractivity contribution is -0.121. The second-order valence-corrected chi connectivity index (χ2v) is 4.70. The van der Waals surface area contributed by atoms with Crippen LogP contribution in [-0.2, 0) is 17.9 Å². The van der Waals surface area contributed by atoms with Crippen LogP contribution in [0.25, 0.3) is 0 Å². The van der Waals surface area contributed by atoms with Crippen molar-refractivity contribution in [1.29, 1.82) is 0 Å². The van der Waals surface area contributed by atoms with Crippen molar-refractivity contribution in [3.63, 3.8) is 0 Å². The lowest BCUT2D eigenvalue weighted by atomic mass is 10.3. The van der Waals surface area contributed by atoms with Crippen molar-refractivity contribution in [3.8, 4) is 11.5 Å². The summed E-state index contributed by atoms with van der Waals surface area (Å²) in [5, 5.41) is 10.7. The first-order chi connectivity index (χ1) is 10.7. The third-order valence-electron chi connectivity index (χ3n) is 2.91. The summed E-state index contributed by atoms with van der Waals surface area (Å²) in [5.41, 5.74) is 0.647. The first-order valence-corrected chi connectivity index (χ1v) is 7.14. The van der Waals surface area contributed by atoms with Crippen LogP contribution in [-0.4, -0.2) is 34.6 Å². The molecule has 118 valence electrons. The molecule has 0 aliphatic carbocycles. The maximum absolute atomic E-state index is 11.6. The molecule has 0 radical (unpaired) electrons. The fourth-order valence-electron chi connectivity index (χ4n) is 1.84. The number of amides is 1. The molecule has 7 nitrogen and oxygen atoms in total. The van der Waals surface area contributed by atoms with Gasteiger partial charge in [0.05, 0.1) is 13.3 Å². The van der Waals surface area contributed by atoms with Gasteiger partial charge in [-0.05, 0) is 18.6 Å². The molecule has 1 heterocycles. The van der Waals surface area contributed by atoms with E-state index in [-0.39, 0.29) is 19.1 Å². The van der Waals surface area contributed by atoms with Crippen molar-refractivity contribution in [1.82, 2.24) is 20.3 Å². The molecule has 0 aliphatic rings. The van der Waals surface area contributed by atoms with Crippen LogP contribution in [0.5, 0.6) is 11.5 Å². The Morgan fingerprint density at radius 2 is 2.09 bits per heavy atom. The van der Waals surface area contributed by atoms with Gasteiger partial charge >= 0.3 is 0 Å². The molecule has 2 aromatic rings. The summed E-state index contributed by atoms with van der Waals surface area (Å²) < 4.78 is 12.4. The number of nitrogens with zero attached hydrogens (tertiary/aromatic N) is 3. The number of hydrogen-bond donors (Lipinski definition) is 1. The topological polar surface area (TPSA) is 78.3 Å². The predicted molar refractivity (Wildman–Crippen MR) is 80.6 cm³/mol. The van der Waals surface area contributed by atoms with Gasteiger partial charge in [0.25, 0.3) is 0 Å². The minimum atomic E-state index is -0.0797. The highest BCUT2D eigenvalue weighted by Crippen LogP contribution is 2.26. The Bertz CT molecular complexity index is 612. The SMILES string of the molecule is CCCNC(=O)Cn1cc(COc2ccccc2OC)nn1. The van der Waals surface area contributed by atoms with Crippen molar-refractivity contribution in [2.75, 3.05) is 13.7 Å². The number of rotatable bonds is 8. The highest BCUT2D eigenvalue weighted by Gasteiger charge is 2.08. The van der Waals surface area contributed by atoms with Crippen LogP contribution >= 0.6 is 0 Å².